The summed E-state index contributed by atoms with van der Waals surface area (Å²) in [5, 5.41) is 13.3. The zero-order chi connectivity index (χ0) is 16.2. The Morgan fingerprint density at radius 1 is 1.27 bits per heavy atom. The van der Waals surface area contributed by atoms with Crippen LogP contribution in [0.2, 0.25) is 0 Å². The van der Waals surface area contributed by atoms with E-state index in [0.29, 0.717) is 13.0 Å². The number of hydrogen-bond donors (Lipinski definition) is 3. The number of aromatic nitrogens is 1. The van der Waals surface area contributed by atoms with Gasteiger partial charge in [-0.2, -0.15) is 0 Å². The highest BCUT2D eigenvalue weighted by atomic mass is 16.3. The number of H-pyrrole nitrogens is 1. The van der Waals surface area contributed by atoms with Gasteiger partial charge in [-0.05, 0) is 37.7 Å². The maximum atomic E-state index is 12.6. The van der Waals surface area contributed by atoms with Gasteiger partial charge in [0.05, 0.1) is 5.56 Å². The van der Waals surface area contributed by atoms with Gasteiger partial charge in [0.25, 0.3) is 5.91 Å². The largest absolute Gasteiger partial charge is 0.396 e. The monoisotopic (exact) mass is 302 g/mol. The molecule has 0 spiro atoms. The highest BCUT2D eigenvalue weighted by molar-refractivity contribution is 6.08. The van der Waals surface area contributed by atoms with Crippen LogP contribution in [0.4, 0.5) is 0 Å². The Bertz CT molecular complexity index is 642. The fraction of sp³-hybridized carbons (Fsp3) is 0.500. The molecule has 1 aromatic heterocycles. The Hall–Kier alpha value is -1.81. The first-order valence-corrected chi connectivity index (χ1v) is 8.03. The number of aliphatic hydroxyl groups excluding tert-OH is 1. The number of aryl methyl sites for hydroxylation is 1. The summed E-state index contributed by atoms with van der Waals surface area (Å²) >= 11 is 0. The van der Waals surface area contributed by atoms with Crippen LogP contribution < -0.4 is 5.32 Å². The second-order valence-corrected chi connectivity index (χ2v) is 6.03. The van der Waals surface area contributed by atoms with Crippen molar-refractivity contribution >= 4 is 16.8 Å². The number of aliphatic hydroxyl groups is 1. The minimum atomic E-state index is -0.0424. The van der Waals surface area contributed by atoms with Crippen LogP contribution in [0.25, 0.3) is 10.9 Å². The number of carbonyl (C=O) groups excluding carboxylic acids is 1. The molecular weight excluding hydrogens is 276 g/mol. The zero-order valence-corrected chi connectivity index (χ0v) is 13.7. The number of benzene rings is 1. The summed E-state index contributed by atoms with van der Waals surface area (Å²) in [6.07, 6.45) is 2.60. The number of carbonyl (C=O) groups is 1. The van der Waals surface area contributed by atoms with Crippen LogP contribution in [0.15, 0.2) is 24.3 Å². The molecule has 0 aliphatic rings. The molecule has 0 saturated carbocycles. The number of fused-ring (bicyclic) bond motifs is 1. The average molecular weight is 302 g/mol. The molecule has 0 aliphatic carbocycles. The summed E-state index contributed by atoms with van der Waals surface area (Å²) < 4.78 is 0. The van der Waals surface area contributed by atoms with Crippen LogP contribution in [0.3, 0.4) is 0 Å². The SMILES string of the molecule is CCC(CC)(CCO)CNC(=O)c1c(C)[nH]c2ccccc12. The Kier molecular flexibility index (Phi) is 5.24. The molecule has 4 heteroatoms. The quantitative estimate of drug-likeness (QED) is 0.734. The minimum Gasteiger partial charge on any atom is -0.396 e. The van der Waals surface area contributed by atoms with E-state index in [1.54, 1.807) is 0 Å². The molecule has 0 radical (unpaired) electrons. The van der Waals surface area contributed by atoms with E-state index in [1.807, 2.05) is 31.2 Å². The van der Waals surface area contributed by atoms with Crippen LogP contribution in [-0.4, -0.2) is 29.1 Å². The van der Waals surface area contributed by atoms with E-state index in [4.69, 9.17) is 0 Å². The Balaban J connectivity index is 2.19. The third kappa shape index (κ3) is 3.17. The molecule has 2 rings (SSSR count). The van der Waals surface area contributed by atoms with Crippen molar-refractivity contribution in [2.75, 3.05) is 13.2 Å². The van der Waals surface area contributed by atoms with Crippen LogP contribution in [0, 0.1) is 12.3 Å². The molecule has 4 nitrogen and oxygen atoms in total. The van der Waals surface area contributed by atoms with Crippen LogP contribution in [-0.2, 0) is 0 Å². The molecule has 1 amide bonds. The van der Waals surface area contributed by atoms with Crippen molar-refractivity contribution in [2.24, 2.45) is 5.41 Å². The Labute approximate surface area is 131 Å². The molecular formula is C18H26N2O2. The normalized spacial score (nSPS) is 11.8. The van der Waals surface area contributed by atoms with Gasteiger partial charge in [0, 0.05) is 29.7 Å². The van der Waals surface area contributed by atoms with E-state index in [9.17, 15) is 9.90 Å². The lowest BCUT2D eigenvalue weighted by Crippen LogP contribution is -2.37. The number of hydrogen-bond acceptors (Lipinski definition) is 2. The molecule has 0 atom stereocenters. The molecule has 0 fully saturated rings. The van der Waals surface area contributed by atoms with Crippen molar-refractivity contribution in [2.45, 2.75) is 40.0 Å². The highest BCUT2D eigenvalue weighted by Gasteiger charge is 2.27. The molecule has 0 saturated heterocycles. The van der Waals surface area contributed by atoms with Crippen LogP contribution in [0.1, 0.15) is 49.2 Å². The van der Waals surface area contributed by atoms with Gasteiger partial charge >= 0.3 is 0 Å². The predicted molar refractivity (Wildman–Crippen MR) is 90.1 cm³/mol. The van der Waals surface area contributed by atoms with Gasteiger partial charge in [-0.25, -0.2) is 0 Å². The molecule has 1 heterocycles. The Morgan fingerprint density at radius 3 is 2.59 bits per heavy atom. The smallest absolute Gasteiger partial charge is 0.253 e. The number of aromatic amines is 1. The fourth-order valence-corrected chi connectivity index (χ4v) is 3.10. The molecule has 0 aliphatic heterocycles. The van der Waals surface area contributed by atoms with Crippen molar-refractivity contribution in [1.82, 2.24) is 10.3 Å². The van der Waals surface area contributed by atoms with Crippen molar-refractivity contribution in [3.63, 3.8) is 0 Å². The van der Waals surface area contributed by atoms with Gasteiger partial charge in [0.2, 0.25) is 0 Å². The number of nitrogens with one attached hydrogen (secondary N) is 2. The molecule has 1 aromatic carbocycles. The second-order valence-electron chi connectivity index (χ2n) is 6.03. The molecule has 0 bridgehead atoms. The van der Waals surface area contributed by atoms with Crippen molar-refractivity contribution in [3.05, 3.63) is 35.5 Å². The first kappa shape index (κ1) is 16.6. The van der Waals surface area contributed by atoms with E-state index >= 15 is 0 Å². The summed E-state index contributed by atoms with van der Waals surface area (Å²) in [7, 11) is 0. The first-order valence-electron chi connectivity index (χ1n) is 8.03. The van der Waals surface area contributed by atoms with Crippen molar-refractivity contribution in [1.29, 1.82) is 0 Å². The summed E-state index contributed by atoms with van der Waals surface area (Å²) in [6.45, 7) is 6.90. The zero-order valence-electron chi connectivity index (χ0n) is 13.7. The van der Waals surface area contributed by atoms with E-state index in [0.717, 1.165) is 35.0 Å². The summed E-state index contributed by atoms with van der Waals surface area (Å²) in [5.41, 5.74) is 2.57. The van der Waals surface area contributed by atoms with Crippen molar-refractivity contribution < 1.29 is 9.90 Å². The van der Waals surface area contributed by atoms with Gasteiger partial charge in [-0.15, -0.1) is 0 Å². The lowest BCUT2D eigenvalue weighted by Gasteiger charge is -2.31. The maximum absolute atomic E-state index is 12.6. The van der Waals surface area contributed by atoms with Crippen LogP contribution >= 0.6 is 0 Å². The lowest BCUT2D eigenvalue weighted by atomic mass is 9.79. The van der Waals surface area contributed by atoms with Gasteiger partial charge in [0.1, 0.15) is 0 Å². The maximum Gasteiger partial charge on any atom is 0.253 e. The molecule has 2 aromatic rings. The number of rotatable bonds is 7. The van der Waals surface area contributed by atoms with E-state index in [2.05, 4.69) is 24.1 Å². The molecule has 120 valence electrons. The van der Waals surface area contributed by atoms with E-state index in [-0.39, 0.29) is 17.9 Å². The average Bonchev–Trinajstić information content (AvgIpc) is 2.87. The fourth-order valence-electron chi connectivity index (χ4n) is 3.10. The van der Waals surface area contributed by atoms with Crippen LogP contribution in [0.5, 0.6) is 0 Å². The van der Waals surface area contributed by atoms with Gasteiger partial charge in [-0.3, -0.25) is 4.79 Å². The number of amides is 1. The minimum absolute atomic E-state index is 0.0234. The van der Waals surface area contributed by atoms with Crippen molar-refractivity contribution in [3.8, 4) is 0 Å². The molecule has 0 unspecified atom stereocenters. The third-order valence-electron chi connectivity index (χ3n) is 4.89. The van der Waals surface area contributed by atoms with Gasteiger partial charge in [-0.1, -0.05) is 32.0 Å². The summed E-state index contributed by atoms with van der Waals surface area (Å²) in [5.74, 6) is -0.0424. The highest BCUT2D eigenvalue weighted by Crippen LogP contribution is 2.30. The summed E-state index contributed by atoms with van der Waals surface area (Å²) in [4.78, 5) is 15.9. The predicted octanol–water partition coefficient (Wildman–Crippen LogP) is 3.39. The van der Waals surface area contributed by atoms with E-state index < -0.39 is 0 Å². The topological polar surface area (TPSA) is 65.1 Å². The first-order chi connectivity index (χ1) is 10.6. The lowest BCUT2D eigenvalue weighted by molar-refractivity contribution is 0.0908. The summed E-state index contributed by atoms with van der Waals surface area (Å²) in [6, 6.07) is 7.85. The second kappa shape index (κ2) is 6.97. The standard InChI is InChI=1S/C18H26N2O2/c1-4-18(5-2,10-11-21)12-19-17(22)16-13(3)20-15-9-7-6-8-14(15)16/h6-9,20-21H,4-5,10-12H2,1-3H3,(H,19,22). The third-order valence-corrected chi connectivity index (χ3v) is 4.89. The van der Waals surface area contributed by atoms with Gasteiger partial charge < -0.3 is 15.4 Å². The number of para-hydroxylation sites is 1. The van der Waals surface area contributed by atoms with Gasteiger partial charge in [0.15, 0.2) is 0 Å². The van der Waals surface area contributed by atoms with E-state index in [1.165, 1.54) is 0 Å². The molecule has 3 N–H and O–H groups in total. The molecule has 22 heavy (non-hydrogen) atoms. The Morgan fingerprint density at radius 2 is 1.95 bits per heavy atom.